The molecule has 0 heterocycles. The molecule has 0 radical (unpaired) electrons. The first-order valence-electron chi connectivity index (χ1n) is 11.9. The van der Waals surface area contributed by atoms with Crippen molar-refractivity contribution in [2.75, 3.05) is 20.2 Å². The summed E-state index contributed by atoms with van der Waals surface area (Å²) < 4.78 is 5.49. The van der Waals surface area contributed by atoms with Crippen LogP contribution in [0.2, 0.25) is 0 Å². The van der Waals surface area contributed by atoms with Gasteiger partial charge >= 0.3 is 0 Å². The number of carbonyl (C=O) groups is 1. The van der Waals surface area contributed by atoms with Crippen LogP contribution in [0.25, 0.3) is 6.08 Å². The van der Waals surface area contributed by atoms with Gasteiger partial charge in [-0.25, -0.2) is 0 Å². The number of rotatable bonds is 7. The molecule has 1 aliphatic carbocycles. The van der Waals surface area contributed by atoms with Gasteiger partial charge in [-0.1, -0.05) is 60.7 Å². The number of ether oxygens (including phenoxy) is 1. The van der Waals surface area contributed by atoms with E-state index < -0.39 is 0 Å². The number of methoxy groups -OCH3 is 1. The lowest BCUT2D eigenvalue weighted by Gasteiger charge is -2.35. The summed E-state index contributed by atoms with van der Waals surface area (Å²) >= 11 is 0. The standard InChI is InChI=1S/C30H33NO2/c1-4-31(5-2)29(32)20-13-22-11-14-24(15-12-22)30-27(23-9-7-6-8-10-23)18-16-25-21-26(33-3)17-19-28(25)30/h6-15,17,19-21,27,30H,4-5,16,18H2,1-3H3. The van der Waals surface area contributed by atoms with Crippen LogP contribution in [-0.4, -0.2) is 31.0 Å². The lowest BCUT2D eigenvalue weighted by Crippen LogP contribution is -2.28. The van der Waals surface area contributed by atoms with E-state index in [1.54, 1.807) is 13.2 Å². The highest BCUT2D eigenvalue weighted by Gasteiger charge is 2.32. The van der Waals surface area contributed by atoms with Crippen molar-refractivity contribution in [1.82, 2.24) is 4.90 Å². The number of benzene rings is 3. The monoisotopic (exact) mass is 439 g/mol. The largest absolute Gasteiger partial charge is 0.497 e. The van der Waals surface area contributed by atoms with Crippen molar-refractivity contribution in [3.63, 3.8) is 0 Å². The lowest BCUT2D eigenvalue weighted by molar-refractivity contribution is -0.125. The fourth-order valence-corrected chi connectivity index (χ4v) is 5.02. The van der Waals surface area contributed by atoms with Crippen LogP contribution < -0.4 is 4.74 Å². The molecular formula is C30H33NO2. The second-order valence-electron chi connectivity index (χ2n) is 8.61. The first-order chi connectivity index (χ1) is 16.1. The average Bonchev–Trinajstić information content (AvgIpc) is 2.88. The maximum atomic E-state index is 12.3. The predicted octanol–water partition coefficient (Wildman–Crippen LogP) is 6.44. The summed E-state index contributed by atoms with van der Waals surface area (Å²) in [5.74, 6) is 1.70. The molecule has 0 aliphatic heterocycles. The van der Waals surface area contributed by atoms with Crippen LogP contribution in [0.15, 0.2) is 78.9 Å². The Morgan fingerprint density at radius 2 is 1.70 bits per heavy atom. The average molecular weight is 440 g/mol. The molecule has 0 N–H and O–H groups in total. The zero-order valence-electron chi connectivity index (χ0n) is 19.8. The number of amides is 1. The van der Waals surface area contributed by atoms with Gasteiger partial charge in [0.25, 0.3) is 0 Å². The highest BCUT2D eigenvalue weighted by atomic mass is 16.5. The van der Waals surface area contributed by atoms with Gasteiger partial charge in [-0.15, -0.1) is 0 Å². The molecule has 1 amide bonds. The molecule has 170 valence electrons. The lowest BCUT2D eigenvalue weighted by atomic mass is 9.69. The summed E-state index contributed by atoms with van der Waals surface area (Å²) in [5, 5.41) is 0. The fourth-order valence-electron chi connectivity index (χ4n) is 5.02. The Balaban J connectivity index is 1.66. The van der Waals surface area contributed by atoms with Crippen LogP contribution in [0.3, 0.4) is 0 Å². The van der Waals surface area contributed by atoms with Crippen LogP contribution in [0, 0.1) is 0 Å². The van der Waals surface area contributed by atoms with Crippen LogP contribution in [-0.2, 0) is 11.2 Å². The molecule has 2 unspecified atom stereocenters. The highest BCUT2D eigenvalue weighted by molar-refractivity contribution is 5.91. The van der Waals surface area contributed by atoms with Gasteiger partial charge < -0.3 is 9.64 Å². The maximum Gasteiger partial charge on any atom is 0.246 e. The molecule has 3 heteroatoms. The molecule has 2 atom stereocenters. The van der Waals surface area contributed by atoms with E-state index >= 15 is 0 Å². The second-order valence-corrected chi connectivity index (χ2v) is 8.61. The smallest absolute Gasteiger partial charge is 0.246 e. The van der Waals surface area contributed by atoms with Crippen molar-refractivity contribution in [3.8, 4) is 5.75 Å². The Kier molecular flexibility index (Phi) is 7.29. The quantitative estimate of drug-likeness (QED) is 0.397. The van der Waals surface area contributed by atoms with Crippen LogP contribution in [0.5, 0.6) is 5.75 Å². The Morgan fingerprint density at radius 3 is 2.36 bits per heavy atom. The molecular weight excluding hydrogens is 406 g/mol. The fraction of sp³-hybridized carbons (Fsp3) is 0.300. The van der Waals surface area contributed by atoms with Gasteiger partial charge in [0.1, 0.15) is 5.75 Å². The Morgan fingerprint density at radius 1 is 0.970 bits per heavy atom. The maximum absolute atomic E-state index is 12.3. The number of likely N-dealkylation sites (N-methyl/N-ethyl adjacent to an activating group) is 1. The molecule has 0 spiro atoms. The predicted molar refractivity (Wildman–Crippen MR) is 136 cm³/mol. The zero-order chi connectivity index (χ0) is 23.2. The van der Waals surface area contributed by atoms with E-state index in [9.17, 15) is 4.79 Å². The SMILES string of the molecule is CCN(CC)C(=O)C=Cc1ccc(C2c3ccc(OC)cc3CCC2c2ccccc2)cc1. The van der Waals surface area contributed by atoms with Gasteiger partial charge in [0.05, 0.1) is 7.11 Å². The molecule has 4 rings (SSSR count). The molecule has 0 saturated carbocycles. The van der Waals surface area contributed by atoms with Gasteiger partial charge in [-0.3, -0.25) is 4.79 Å². The molecule has 33 heavy (non-hydrogen) atoms. The van der Waals surface area contributed by atoms with Crippen molar-refractivity contribution < 1.29 is 9.53 Å². The number of hydrogen-bond acceptors (Lipinski definition) is 2. The molecule has 3 nitrogen and oxygen atoms in total. The Labute approximate surface area is 197 Å². The number of aryl methyl sites for hydroxylation is 1. The van der Waals surface area contributed by atoms with E-state index in [1.807, 2.05) is 24.8 Å². The molecule has 3 aromatic rings. The summed E-state index contributed by atoms with van der Waals surface area (Å²) in [4.78, 5) is 14.1. The van der Waals surface area contributed by atoms with E-state index in [0.717, 1.165) is 37.2 Å². The number of carbonyl (C=O) groups excluding carboxylic acids is 1. The first kappa shape index (κ1) is 22.8. The van der Waals surface area contributed by atoms with E-state index in [0.29, 0.717) is 5.92 Å². The van der Waals surface area contributed by atoms with Crippen molar-refractivity contribution in [2.45, 2.75) is 38.5 Å². The van der Waals surface area contributed by atoms with Crippen LogP contribution in [0.4, 0.5) is 0 Å². The van der Waals surface area contributed by atoms with E-state index in [4.69, 9.17) is 4.74 Å². The summed E-state index contributed by atoms with van der Waals surface area (Å²) in [6.07, 6.45) is 5.75. The summed E-state index contributed by atoms with van der Waals surface area (Å²) in [5.41, 5.74) is 6.50. The van der Waals surface area contributed by atoms with Gasteiger partial charge in [0.2, 0.25) is 5.91 Å². The molecule has 0 fully saturated rings. The topological polar surface area (TPSA) is 29.5 Å². The van der Waals surface area contributed by atoms with E-state index in [2.05, 4.69) is 72.8 Å². The summed E-state index contributed by atoms with van der Waals surface area (Å²) in [7, 11) is 1.73. The van der Waals surface area contributed by atoms with Crippen LogP contribution in [0.1, 0.15) is 59.9 Å². The minimum absolute atomic E-state index is 0.0587. The Bertz CT molecular complexity index is 1100. The van der Waals surface area contributed by atoms with E-state index in [1.165, 1.54) is 22.3 Å². The van der Waals surface area contributed by atoms with Gasteiger partial charge in [-0.05, 0) is 78.6 Å². The summed E-state index contributed by atoms with van der Waals surface area (Å²) in [6, 6.07) is 26.1. The minimum atomic E-state index is 0.0587. The molecule has 3 aromatic carbocycles. The third-order valence-corrected chi connectivity index (χ3v) is 6.83. The number of nitrogens with zero attached hydrogens (tertiary/aromatic N) is 1. The van der Waals surface area contributed by atoms with Crippen molar-refractivity contribution in [3.05, 3.63) is 107 Å². The number of fused-ring (bicyclic) bond motifs is 1. The normalized spacial score (nSPS) is 17.5. The van der Waals surface area contributed by atoms with Crippen molar-refractivity contribution >= 4 is 12.0 Å². The number of hydrogen-bond donors (Lipinski definition) is 0. The summed E-state index contributed by atoms with van der Waals surface area (Å²) in [6.45, 7) is 5.46. The molecule has 0 aromatic heterocycles. The van der Waals surface area contributed by atoms with Crippen molar-refractivity contribution in [1.29, 1.82) is 0 Å². The second kappa shape index (κ2) is 10.5. The first-order valence-corrected chi connectivity index (χ1v) is 11.9. The third-order valence-electron chi connectivity index (χ3n) is 6.83. The van der Waals surface area contributed by atoms with Gasteiger partial charge in [0.15, 0.2) is 0 Å². The third kappa shape index (κ3) is 5.03. The van der Waals surface area contributed by atoms with Gasteiger partial charge in [0, 0.05) is 25.1 Å². The molecule has 0 bridgehead atoms. The van der Waals surface area contributed by atoms with Crippen molar-refractivity contribution in [2.24, 2.45) is 0 Å². The van der Waals surface area contributed by atoms with E-state index in [-0.39, 0.29) is 11.8 Å². The molecule has 1 aliphatic rings. The van der Waals surface area contributed by atoms with Crippen LogP contribution >= 0.6 is 0 Å². The minimum Gasteiger partial charge on any atom is -0.497 e. The highest BCUT2D eigenvalue weighted by Crippen LogP contribution is 2.47. The Hall–Kier alpha value is -3.33. The zero-order valence-corrected chi connectivity index (χ0v) is 19.8. The molecule has 0 saturated heterocycles. The van der Waals surface area contributed by atoms with Gasteiger partial charge in [-0.2, -0.15) is 0 Å².